The molecule has 0 radical (unpaired) electrons. The maximum absolute atomic E-state index is 9.95. The topological polar surface area (TPSA) is 32.3 Å². The summed E-state index contributed by atoms with van der Waals surface area (Å²) in [5.74, 6) is 2.68. The Balaban J connectivity index is 2.46. The highest BCUT2D eigenvalue weighted by Gasteiger charge is 2.09. The molecular weight excluding hydrogens is 234 g/mol. The van der Waals surface area contributed by atoms with Crippen molar-refractivity contribution in [2.45, 2.75) is 31.9 Å². The van der Waals surface area contributed by atoms with Crippen LogP contribution in [0.25, 0.3) is 0 Å². The fraction of sp³-hybridized carbons (Fsp3) is 0.429. The molecule has 0 aromatic heterocycles. The summed E-state index contributed by atoms with van der Waals surface area (Å²) in [5, 5.41) is 13.8. The Bertz CT molecular complexity index is 369. The first-order chi connectivity index (χ1) is 8.17. The van der Waals surface area contributed by atoms with Gasteiger partial charge >= 0.3 is 0 Å². The average molecular weight is 252 g/mol. The molecule has 1 aromatic rings. The minimum atomic E-state index is -0.556. The highest BCUT2D eigenvalue weighted by molar-refractivity contribution is 6.30. The van der Waals surface area contributed by atoms with Crippen LogP contribution in [0.1, 0.15) is 31.4 Å². The van der Waals surface area contributed by atoms with Crippen molar-refractivity contribution in [1.82, 2.24) is 5.32 Å². The van der Waals surface area contributed by atoms with Crippen LogP contribution < -0.4 is 5.32 Å². The molecule has 0 saturated carbocycles. The zero-order valence-corrected chi connectivity index (χ0v) is 10.7. The number of aliphatic hydroxyl groups is 1. The van der Waals surface area contributed by atoms with Crippen molar-refractivity contribution in [3.05, 3.63) is 34.9 Å². The lowest BCUT2D eigenvalue weighted by molar-refractivity contribution is 0.172. The molecule has 0 aliphatic heterocycles. The molecule has 0 aliphatic carbocycles. The van der Waals surface area contributed by atoms with E-state index >= 15 is 0 Å². The summed E-state index contributed by atoms with van der Waals surface area (Å²) in [6.07, 6.45) is 6.78. The molecule has 92 valence electrons. The molecule has 1 rings (SSSR count). The Kier molecular flexibility index (Phi) is 6.07. The lowest BCUT2D eigenvalue weighted by Crippen LogP contribution is -2.31. The van der Waals surface area contributed by atoms with Gasteiger partial charge in [-0.1, -0.05) is 43.0 Å². The number of hydrogen-bond acceptors (Lipinski definition) is 2. The molecule has 17 heavy (non-hydrogen) atoms. The molecule has 0 spiro atoms. The minimum absolute atomic E-state index is 0.0296. The normalized spacial score (nSPS) is 14.0. The van der Waals surface area contributed by atoms with Gasteiger partial charge in [0.15, 0.2) is 0 Å². The van der Waals surface area contributed by atoms with Gasteiger partial charge in [0, 0.05) is 11.6 Å². The number of halogens is 1. The van der Waals surface area contributed by atoms with Gasteiger partial charge < -0.3 is 10.4 Å². The van der Waals surface area contributed by atoms with Crippen LogP contribution in [0, 0.1) is 12.3 Å². The number of benzene rings is 1. The van der Waals surface area contributed by atoms with E-state index in [9.17, 15) is 5.11 Å². The van der Waals surface area contributed by atoms with Crippen LogP contribution in [-0.2, 0) is 0 Å². The van der Waals surface area contributed by atoms with Gasteiger partial charge in [-0.15, -0.1) is 6.42 Å². The SMILES string of the molecule is C#CC(CCC)NCC(O)c1ccc(Cl)cc1. The van der Waals surface area contributed by atoms with Gasteiger partial charge in [0.05, 0.1) is 12.1 Å². The van der Waals surface area contributed by atoms with Crippen molar-refractivity contribution >= 4 is 11.6 Å². The monoisotopic (exact) mass is 251 g/mol. The van der Waals surface area contributed by atoms with Crippen LogP contribution >= 0.6 is 11.6 Å². The van der Waals surface area contributed by atoms with Crippen LogP contribution in [0.2, 0.25) is 5.02 Å². The zero-order valence-electron chi connectivity index (χ0n) is 9.99. The number of hydrogen-bond donors (Lipinski definition) is 2. The average Bonchev–Trinajstić information content (AvgIpc) is 2.35. The van der Waals surface area contributed by atoms with E-state index < -0.39 is 6.10 Å². The second-order valence-electron chi connectivity index (χ2n) is 3.98. The zero-order chi connectivity index (χ0) is 12.7. The summed E-state index contributed by atoms with van der Waals surface area (Å²) in [7, 11) is 0. The van der Waals surface area contributed by atoms with E-state index in [0.717, 1.165) is 18.4 Å². The molecule has 2 atom stereocenters. The highest BCUT2D eigenvalue weighted by Crippen LogP contribution is 2.15. The smallest absolute Gasteiger partial charge is 0.0914 e. The molecule has 0 aliphatic rings. The second kappa shape index (κ2) is 7.34. The Hall–Kier alpha value is -1.01. The fourth-order valence-electron chi connectivity index (χ4n) is 1.59. The molecule has 0 fully saturated rings. The molecule has 0 bridgehead atoms. The minimum Gasteiger partial charge on any atom is -0.387 e. The second-order valence-corrected chi connectivity index (χ2v) is 4.42. The van der Waals surface area contributed by atoms with E-state index in [1.165, 1.54) is 0 Å². The molecule has 2 unspecified atom stereocenters. The van der Waals surface area contributed by atoms with Crippen molar-refractivity contribution in [2.24, 2.45) is 0 Å². The molecule has 0 amide bonds. The van der Waals surface area contributed by atoms with Gasteiger partial charge in [0.2, 0.25) is 0 Å². The third kappa shape index (κ3) is 4.79. The van der Waals surface area contributed by atoms with Gasteiger partial charge in [-0.3, -0.25) is 0 Å². The van der Waals surface area contributed by atoms with Crippen LogP contribution in [0.3, 0.4) is 0 Å². The van der Waals surface area contributed by atoms with Crippen molar-refractivity contribution < 1.29 is 5.11 Å². The Morgan fingerprint density at radius 3 is 2.59 bits per heavy atom. The predicted molar refractivity (Wildman–Crippen MR) is 71.9 cm³/mol. The third-order valence-electron chi connectivity index (χ3n) is 2.59. The first-order valence-electron chi connectivity index (χ1n) is 5.80. The fourth-order valence-corrected chi connectivity index (χ4v) is 1.72. The van der Waals surface area contributed by atoms with E-state index in [1.807, 2.05) is 12.1 Å². The highest BCUT2D eigenvalue weighted by atomic mass is 35.5. The van der Waals surface area contributed by atoms with Crippen molar-refractivity contribution in [3.63, 3.8) is 0 Å². The van der Waals surface area contributed by atoms with Crippen LogP contribution in [0.5, 0.6) is 0 Å². The van der Waals surface area contributed by atoms with Crippen LogP contribution in [-0.4, -0.2) is 17.7 Å². The van der Waals surface area contributed by atoms with Crippen LogP contribution in [0.15, 0.2) is 24.3 Å². The van der Waals surface area contributed by atoms with Crippen molar-refractivity contribution in [2.75, 3.05) is 6.54 Å². The Labute approximate surface area is 108 Å². The molecule has 2 N–H and O–H groups in total. The standard InChI is InChI=1S/C14H18ClNO/c1-3-5-13(4-2)16-10-14(17)11-6-8-12(15)9-7-11/h2,6-9,13-14,16-17H,3,5,10H2,1H3. The summed E-state index contributed by atoms with van der Waals surface area (Å²) < 4.78 is 0. The molecule has 0 saturated heterocycles. The lowest BCUT2D eigenvalue weighted by atomic mass is 10.1. The van der Waals surface area contributed by atoms with Gasteiger partial charge in [-0.2, -0.15) is 0 Å². The van der Waals surface area contributed by atoms with Gasteiger partial charge in [-0.05, 0) is 24.1 Å². The maximum atomic E-state index is 9.95. The predicted octanol–water partition coefficient (Wildman–Crippen LogP) is 2.76. The van der Waals surface area contributed by atoms with E-state index in [-0.39, 0.29) is 6.04 Å². The summed E-state index contributed by atoms with van der Waals surface area (Å²) >= 11 is 5.78. The molecular formula is C14H18ClNO. The molecule has 1 aromatic carbocycles. The molecule has 3 heteroatoms. The van der Waals surface area contributed by atoms with Gasteiger partial charge in [0.1, 0.15) is 0 Å². The maximum Gasteiger partial charge on any atom is 0.0914 e. The summed E-state index contributed by atoms with van der Waals surface area (Å²) in [6, 6.07) is 7.20. The van der Waals surface area contributed by atoms with Crippen molar-refractivity contribution in [1.29, 1.82) is 0 Å². The number of nitrogens with one attached hydrogen (secondary N) is 1. The lowest BCUT2D eigenvalue weighted by Gasteiger charge is -2.16. The van der Waals surface area contributed by atoms with E-state index in [4.69, 9.17) is 18.0 Å². The molecule has 0 heterocycles. The summed E-state index contributed by atoms with van der Waals surface area (Å²) in [5.41, 5.74) is 0.842. The van der Waals surface area contributed by atoms with Crippen molar-refractivity contribution in [3.8, 4) is 12.3 Å². The Morgan fingerprint density at radius 1 is 1.41 bits per heavy atom. The number of terminal acetylenes is 1. The van der Waals surface area contributed by atoms with Gasteiger partial charge in [-0.25, -0.2) is 0 Å². The van der Waals surface area contributed by atoms with Crippen LogP contribution in [0.4, 0.5) is 0 Å². The first-order valence-corrected chi connectivity index (χ1v) is 6.18. The third-order valence-corrected chi connectivity index (χ3v) is 2.84. The van der Waals surface area contributed by atoms with Gasteiger partial charge in [0.25, 0.3) is 0 Å². The quantitative estimate of drug-likeness (QED) is 0.762. The van der Waals surface area contributed by atoms with E-state index in [0.29, 0.717) is 11.6 Å². The molecule has 2 nitrogen and oxygen atoms in total. The summed E-state index contributed by atoms with van der Waals surface area (Å²) in [6.45, 7) is 2.54. The Morgan fingerprint density at radius 2 is 2.06 bits per heavy atom. The summed E-state index contributed by atoms with van der Waals surface area (Å²) in [4.78, 5) is 0. The largest absolute Gasteiger partial charge is 0.387 e. The van der Waals surface area contributed by atoms with E-state index in [1.54, 1.807) is 12.1 Å². The van der Waals surface area contributed by atoms with E-state index in [2.05, 4.69) is 18.2 Å². The number of aliphatic hydroxyl groups excluding tert-OH is 1. The number of rotatable bonds is 6. The first kappa shape index (κ1) is 14.1.